The van der Waals surface area contributed by atoms with E-state index in [1.54, 1.807) is 18.2 Å². The highest BCUT2D eigenvalue weighted by Gasteiger charge is 2.17. The van der Waals surface area contributed by atoms with Crippen LogP contribution in [0.2, 0.25) is 10.0 Å². The molecule has 0 spiro atoms. The molecule has 0 aliphatic carbocycles. The summed E-state index contributed by atoms with van der Waals surface area (Å²) in [4.78, 5) is 13.0. The molecule has 0 saturated heterocycles. The number of halogens is 2. The monoisotopic (exact) mass is 356 g/mol. The molecule has 1 amide bonds. The Kier molecular flexibility index (Phi) is 6.26. The summed E-state index contributed by atoms with van der Waals surface area (Å²) < 4.78 is 0. The maximum Gasteiger partial charge on any atom is 0.219 e. The molecule has 3 nitrogen and oxygen atoms in total. The van der Waals surface area contributed by atoms with Crippen molar-refractivity contribution in [3.8, 4) is 0 Å². The van der Waals surface area contributed by atoms with E-state index in [4.69, 9.17) is 23.2 Å². The standard InChI is InChI=1S/C16H18Cl2N2OS/c1-11(2)7-19-8-12-9-22-16(15(12)18)20(10-21)14-5-3-4-13(17)6-14/h3-6,9-11,19H,7-8H2,1-2H3. The summed E-state index contributed by atoms with van der Waals surface area (Å²) in [6, 6.07) is 7.14. The summed E-state index contributed by atoms with van der Waals surface area (Å²) in [5.74, 6) is 0.579. The van der Waals surface area contributed by atoms with Crippen molar-refractivity contribution in [1.29, 1.82) is 0 Å². The zero-order chi connectivity index (χ0) is 16.1. The molecule has 0 saturated carbocycles. The van der Waals surface area contributed by atoms with Gasteiger partial charge >= 0.3 is 0 Å². The fourth-order valence-corrected chi connectivity index (χ4v) is 3.54. The summed E-state index contributed by atoms with van der Waals surface area (Å²) in [5.41, 5.74) is 1.70. The molecule has 118 valence electrons. The van der Waals surface area contributed by atoms with Gasteiger partial charge in [-0.25, -0.2) is 0 Å². The van der Waals surface area contributed by atoms with E-state index in [1.807, 2.05) is 11.4 Å². The number of carbonyl (C=O) groups is 1. The van der Waals surface area contributed by atoms with E-state index < -0.39 is 0 Å². The van der Waals surface area contributed by atoms with Gasteiger partial charge in [-0.3, -0.25) is 9.69 Å². The molecule has 1 aromatic carbocycles. The minimum Gasteiger partial charge on any atom is -0.312 e. The second-order valence-corrected chi connectivity index (χ2v) is 7.03. The molecule has 1 aromatic heterocycles. The Hall–Kier alpha value is -1.07. The molecular formula is C16H18Cl2N2OS. The lowest BCUT2D eigenvalue weighted by Crippen LogP contribution is -2.19. The Labute approximate surface area is 144 Å². The van der Waals surface area contributed by atoms with E-state index in [1.165, 1.54) is 16.2 Å². The Morgan fingerprint density at radius 1 is 1.36 bits per heavy atom. The van der Waals surface area contributed by atoms with Gasteiger partial charge in [0.25, 0.3) is 0 Å². The first-order valence-electron chi connectivity index (χ1n) is 6.99. The first-order chi connectivity index (χ1) is 10.5. The van der Waals surface area contributed by atoms with Crippen LogP contribution in [0.1, 0.15) is 19.4 Å². The van der Waals surface area contributed by atoms with E-state index in [2.05, 4.69) is 19.2 Å². The number of carbonyl (C=O) groups excluding carboxylic acids is 1. The topological polar surface area (TPSA) is 32.3 Å². The third-order valence-corrected chi connectivity index (χ3v) is 4.86. The molecule has 6 heteroatoms. The fraction of sp³-hybridized carbons (Fsp3) is 0.312. The van der Waals surface area contributed by atoms with Crippen molar-refractivity contribution in [2.45, 2.75) is 20.4 Å². The molecule has 0 bridgehead atoms. The predicted molar refractivity (Wildman–Crippen MR) is 95.5 cm³/mol. The van der Waals surface area contributed by atoms with Crippen molar-refractivity contribution in [3.05, 3.63) is 45.3 Å². The Bertz CT molecular complexity index is 643. The first-order valence-corrected chi connectivity index (χ1v) is 8.63. The molecule has 1 N–H and O–H groups in total. The molecule has 22 heavy (non-hydrogen) atoms. The van der Waals surface area contributed by atoms with Crippen LogP contribution in [0.5, 0.6) is 0 Å². The molecule has 1 heterocycles. The lowest BCUT2D eigenvalue weighted by Gasteiger charge is -2.16. The molecule has 0 fully saturated rings. The molecule has 0 radical (unpaired) electrons. The normalized spacial score (nSPS) is 11.0. The number of benzene rings is 1. The van der Waals surface area contributed by atoms with Crippen molar-refractivity contribution in [2.24, 2.45) is 5.92 Å². The highest BCUT2D eigenvalue weighted by atomic mass is 35.5. The zero-order valence-corrected chi connectivity index (χ0v) is 14.8. The summed E-state index contributed by atoms with van der Waals surface area (Å²) in [5, 5.41) is 7.23. The van der Waals surface area contributed by atoms with Gasteiger partial charge in [0, 0.05) is 11.6 Å². The Morgan fingerprint density at radius 3 is 2.77 bits per heavy atom. The van der Waals surface area contributed by atoms with Crippen LogP contribution in [-0.4, -0.2) is 13.0 Å². The van der Waals surface area contributed by atoms with Gasteiger partial charge in [0.1, 0.15) is 5.00 Å². The van der Waals surface area contributed by atoms with E-state index in [0.29, 0.717) is 33.2 Å². The van der Waals surface area contributed by atoms with Crippen LogP contribution in [-0.2, 0) is 11.3 Å². The first kappa shape index (κ1) is 17.3. The lowest BCUT2D eigenvalue weighted by molar-refractivity contribution is -0.106. The molecule has 0 aliphatic rings. The van der Waals surface area contributed by atoms with Crippen LogP contribution in [0.3, 0.4) is 0 Å². The summed E-state index contributed by atoms with van der Waals surface area (Å²) in [6.45, 7) is 5.92. The highest BCUT2D eigenvalue weighted by molar-refractivity contribution is 7.15. The summed E-state index contributed by atoms with van der Waals surface area (Å²) in [7, 11) is 0. The van der Waals surface area contributed by atoms with E-state index >= 15 is 0 Å². The van der Waals surface area contributed by atoms with Crippen molar-refractivity contribution in [2.75, 3.05) is 11.4 Å². The Balaban J connectivity index is 2.20. The number of hydrogen-bond donors (Lipinski definition) is 1. The van der Waals surface area contributed by atoms with Gasteiger partial charge in [-0.15, -0.1) is 11.3 Å². The second-order valence-electron chi connectivity index (χ2n) is 5.36. The smallest absolute Gasteiger partial charge is 0.219 e. The number of thiophene rings is 1. The maximum absolute atomic E-state index is 11.5. The third-order valence-electron chi connectivity index (χ3n) is 3.06. The molecule has 2 rings (SSSR count). The van der Waals surface area contributed by atoms with Gasteiger partial charge in [-0.2, -0.15) is 0 Å². The fourth-order valence-electron chi connectivity index (χ4n) is 2.00. The van der Waals surface area contributed by atoms with Gasteiger partial charge in [-0.1, -0.05) is 43.1 Å². The van der Waals surface area contributed by atoms with E-state index in [-0.39, 0.29) is 0 Å². The average molecular weight is 357 g/mol. The molecule has 0 aliphatic heterocycles. The number of amides is 1. The lowest BCUT2D eigenvalue weighted by atomic mass is 10.2. The van der Waals surface area contributed by atoms with Gasteiger partial charge in [0.05, 0.1) is 10.7 Å². The molecule has 2 aromatic rings. The summed E-state index contributed by atoms with van der Waals surface area (Å²) >= 11 is 13.9. The van der Waals surface area contributed by atoms with Crippen molar-refractivity contribution in [1.82, 2.24) is 5.32 Å². The highest BCUT2D eigenvalue weighted by Crippen LogP contribution is 2.39. The maximum atomic E-state index is 11.5. The summed E-state index contributed by atoms with van der Waals surface area (Å²) in [6.07, 6.45) is 0.759. The van der Waals surface area contributed by atoms with Gasteiger partial charge < -0.3 is 5.32 Å². The minimum atomic E-state index is 0.579. The number of nitrogens with zero attached hydrogens (tertiary/aromatic N) is 1. The molecular weight excluding hydrogens is 339 g/mol. The Morgan fingerprint density at radius 2 is 2.14 bits per heavy atom. The van der Waals surface area contributed by atoms with Gasteiger partial charge in [-0.05, 0) is 41.6 Å². The van der Waals surface area contributed by atoms with Crippen LogP contribution >= 0.6 is 34.5 Å². The minimum absolute atomic E-state index is 0.579. The van der Waals surface area contributed by atoms with Gasteiger partial charge in [0.2, 0.25) is 6.41 Å². The molecule has 0 unspecified atom stereocenters. The number of hydrogen-bond acceptors (Lipinski definition) is 3. The quantitative estimate of drug-likeness (QED) is 0.700. The van der Waals surface area contributed by atoms with E-state index in [0.717, 1.165) is 18.5 Å². The van der Waals surface area contributed by atoms with Crippen LogP contribution in [0.25, 0.3) is 0 Å². The molecule has 0 atom stereocenters. The number of anilines is 2. The largest absolute Gasteiger partial charge is 0.312 e. The van der Waals surface area contributed by atoms with Crippen LogP contribution in [0.15, 0.2) is 29.6 Å². The van der Waals surface area contributed by atoms with Crippen molar-refractivity contribution >= 4 is 51.6 Å². The van der Waals surface area contributed by atoms with Crippen LogP contribution in [0.4, 0.5) is 10.7 Å². The second kappa shape index (κ2) is 7.97. The SMILES string of the molecule is CC(C)CNCc1csc(N(C=O)c2cccc(Cl)c2)c1Cl. The van der Waals surface area contributed by atoms with Crippen LogP contribution in [0, 0.1) is 5.92 Å². The van der Waals surface area contributed by atoms with Gasteiger partial charge in [0.15, 0.2) is 0 Å². The predicted octanol–water partition coefficient (Wildman–Crippen LogP) is 5.10. The average Bonchev–Trinajstić information content (AvgIpc) is 2.82. The van der Waals surface area contributed by atoms with Crippen molar-refractivity contribution < 1.29 is 4.79 Å². The zero-order valence-electron chi connectivity index (χ0n) is 12.5. The third kappa shape index (κ3) is 4.23. The number of rotatable bonds is 7. The van der Waals surface area contributed by atoms with Crippen molar-refractivity contribution in [3.63, 3.8) is 0 Å². The van der Waals surface area contributed by atoms with E-state index in [9.17, 15) is 4.79 Å². The van der Waals surface area contributed by atoms with Crippen LogP contribution < -0.4 is 10.2 Å². The number of nitrogens with one attached hydrogen (secondary N) is 1.